The summed E-state index contributed by atoms with van der Waals surface area (Å²) in [5, 5.41) is 5.76. The van der Waals surface area contributed by atoms with Gasteiger partial charge < -0.3 is 34.5 Å². The van der Waals surface area contributed by atoms with E-state index in [1.165, 1.54) is 13.2 Å². The molecule has 12 heteroatoms. The summed E-state index contributed by atoms with van der Waals surface area (Å²) in [4.78, 5) is 59.4. The average Bonchev–Trinajstić information content (AvgIpc) is 3.28. The van der Waals surface area contributed by atoms with Crippen LogP contribution in [0.3, 0.4) is 0 Å². The van der Waals surface area contributed by atoms with Crippen LogP contribution in [0, 0.1) is 0 Å². The van der Waals surface area contributed by atoms with Crippen molar-refractivity contribution < 1.29 is 28.3 Å². The minimum absolute atomic E-state index is 0.0479. The minimum atomic E-state index is -0.556. The lowest BCUT2D eigenvalue weighted by Crippen LogP contribution is -2.73. The number of pyridine rings is 1. The number of rotatable bonds is 5. The van der Waals surface area contributed by atoms with Gasteiger partial charge in [-0.1, -0.05) is 0 Å². The molecule has 2 N–H and O–H groups in total. The van der Waals surface area contributed by atoms with Gasteiger partial charge in [0.05, 0.1) is 23.3 Å². The SMILES string of the molecule is CCOc1nc(N2CCN(C(C)=O)CC2)ccc1NC(=O)c1coc2c1C(=O)NC1(C2)CN(C(C)=O)C1. The maximum atomic E-state index is 13.2. The maximum Gasteiger partial charge on any atom is 0.259 e. The Labute approximate surface area is 213 Å². The number of piperazine rings is 1. The molecule has 2 saturated heterocycles. The van der Waals surface area contributed by atoms with Gasteiger partial charge in [-0.15, -0.1) is 0 Å². The van der Waals surface area contributed by atoms with Crippen LogP contribution in [-0.4, -0.2) is 89.8 Å². The van der Waals surface area contributed by atoms with E-state index in [9.17, 15) is 19.2 Å². The molecule has 1 spiro atoms. The molecule has 3 aliphatic rings. The summed E-state index contributed by atoms with van der Waals surface area (Å²) >= 11 is 0. The molecule has 2 fully saturated rings. The summed E-state index contributed by atoms with van der Waals surface area (Å²) in [6.07, 6.45) is 1.69. The van der Waals surface area contributed by atoms with Crippen LogP contribution in [0.4, 0.5) is 11.5 Å². The Morgan fingerprint density at radius 1 is 1.11 bits per heavy atom. The largest absolute Gasteiger partial charge is 0.476 e. The Hall–Kier alpha value is -4.09. The average molecular weight is 511 g/mol. The number of nitrogens with one attached hydrogen (secondary N) is 2. The van der Waals surface area contributed by atoms with Gasteiger partial charge in [-0.2, -0.15) is 4.98 Å². The Bertz CT molecular complexity index is 1260. The van der Waals surface area contributed by atoms with Crippen LogP contribution in [0.2, 0.25) is 0 Å². The highest BCUT2D eigenvalue weighted by Crippen LogP contribution is 2.34. The van der Waals surface area contributed by atoms with Gasteiger partial charge in [0.2, 0.25) is 17.7 Å². The number of nitrogens with zero attached hydrogens (tertiary/aromatic N) is 4. The number of fused-ring (bicyclic) bond motifs is 1. The standard InChI is InChI=1S/C25H30N6O6/c1-4-36-24-18(5-6-20(27-24)30-9-7-29(8-10-30)15(2)32)26-22(34)17-12-37-19-11-25(28-23(35)21(17)19)13-31(14-25)16(3)33/h5-6,12H,4,7-11,13-14H2,1-3H3,(H,26,34)(H,28,35). The number of hydrogen-bond donors (Lipinski definition) is 2. The predicted molar refractivity (Wildman–Crippen MR) is 133 cm³/mol. The molecule has 0 aliphatic carbocycles. The molecule has 0 unspecified atom stereocenters. The van der Waals surface area contributed by atoms with Crippen LogP contribution in [0.5, 0.6) is 5.88 Å². The first kappa shape index (κ1) is 24.6. The second-order valence-corrected chi connectivity index (χ2v) is 9.64. The molecule has 2 aromatic heterocycles. The van der Waals surface area contributed by atoms with Gasteiger partial charge in [0.25, 0.3) is 11.8 Å². The van der Waals surface area contributed by atoms with Gasteiger partial charge in [0.15, 0.2) is 0 Å². The lowest BCUT2D eigenvalue weighted by Gasteiger charge is -2.51. The Kier molecular flexibility index (Phi) is 6.26. The zero-order chi connectivity index (χ0) is 26.3. The van der Waals surface area contributed by atoms with Crippen molar-refractivity contribution >= 4 is 35.1 Å². The van der Waals surface area contributed by atoms with E-state index in [2.05, 4.69) is 20.5 Å². The molecule has 12 nitrogen and oxygen atoms in total. The molecule has 37 heavy (non-hydrogen) atoms. The zero-order valence-electron chi connectivity index (χ0n) is 21.1. The highest BCUT2D eigenvalue weighted by atomic mass is 16.5. The molecule has 3 aliphatic heterocycles. The van der Waals surface area contributed by atoms with Crippen LogP contribution in [0.1, 0.15) is 47.2 Å². The van der Waals surface area contributed by atoms with E-state index in [4.69, 9.17) is 9.15 Å². The molecule has 2 aromatic rings. The fourth-order valence-corrected chi connectivity index (χ4v) is 5.09. The number of hydrogen-bond acceptors (Lipinski definition) is 8. The Morgan fingerprint density at radius 3 is 2.46 bits per heavy atom. The second-order valence-electron chi connectivity index (χ2n) is 9.64. The third-order valence-corrected chi connectivity index (χ3v) is 7.07. The van der Waals surface area contributed by atoms with Gasteiger partial charge in [-0.3, -0.25) is 19.2 Å². The molecule has 0 radical (unpaired) electrons. The van der Waals surface area contributed by atoms with Gasteiger partial charge in [0, 0.05) is 59.5 Å². The number of aromatic nitrogens is 1. The van der Waals surface area contributed by atoms with Gasteiger partial charge in [0.1, 0.15) is 23.5 Å². The van der Waals surface area contributed by atoms with E-state index in [0.717, 1.165) is 0 Å². The molecule has 0 bridgehead atoms. The van der Waals surface area contributed by atoms with Crippen LogP contribution in [0.25, 0.3) is 0 Å². The lowest BCUT2D eigenvalue weighted by atomic mass is 9.81. The molecule has 0 saturated carbocycles. The number of anilines is 2. The van der Waals surface area contributed by atoms with E-state index >= 15 is 0 Å². The zero-order valence-corrected chi connectivity index (χ0v) is 21.1. The fourth-order valence-electron chi connectivity index (χ4n) is 5.09. The first-order valence-electron chi connectivity index (χ1n) is 12.3. The van der Waals surface area contributed by atoms with E-state index in [0.29, 0.717) is 69.6 Å². The normalized spacial score (nSPS) is 18.1. The predicted octanol–water partition coefficient (Wildman–Crippen LogP) is 0.881. The monoisotopic (exact) mass is 510 g/mol. The van der Waals surface area contributed by atoms with Gasteiger partial charge in [-0.05, 0) is 19.1 Å². The first-order chi connectivity index (χ1) is 17.7. The third kappa shape index (κ3) is 4.58. The maximum absolute atomic E-state index is 13.2. The van der Waals surface area contributed by atoms with Gasteiger partial charge >= 0.3 is 0 Å². The number of amides is 4. The van der Waals surface area contributed by atoms with Crippen LogP contribution >= 0.6 is 0 Å². The van der Waals surface area contributed by atoms with Crippen molar-refractivity contribution in [3.63, 3.8) is 0 Å². The summed E-state index contributed by atoms with van der Waals surface area (Å²) in [5.41, 5.74) is 0.142. The number of ether oxygens (including phenoxy) is 1. The van der Waals surface area contributed by atoms with Crippen LogP contribution < -0.4 is 20.3 Å². The smallest absolute Gasteiger partial charge is 0.259 e. The summed E-state index contributed by atoms with van der Waals surface area (Å²) in [6, 6.07) is 3.51. The second kappa shape index (κ2) is 9.41. The van der Waals surface area contributed by atoms with Crippen molar-refractivity contribution in [1.82, 2.24) is 20.1 Å². The molecular weight excluding hydrogens is 480 g/mol. The summed E-state index contributed by atoms with van der Waals surface area (Å²) < 4.78 is 11.3. The third-order valence-electron chi connectivity index (χ3n) is 7.07. The molecular formula is C25H30N6O6. The van der Waals surface area contributed by atoms with Crippen molar-refractivity contribution in [1.29, 1.82) is 0 Å². The van der Waals surface area contributed by atoms with Crippen molar-refractivity contribution in [3.05, 3.63) is 35.3 Å². The number of likely N-dealkylation sites (tertiary alicyclic amines) is 1. The summed E-state index contributed by atoms with van der Waals surface area (Å²) in [6.45, 7) is 8.56. The summed E-state index contributed by atoms with van der Waals surface area (Å²) in [7, 11) is 0. The van der Waals surface area contributed by atoms with E-state index in [-0.39, 0.29) is 28.8 Å². The van der Waals surface area contributed by atoms with Crippen LogP contribution in [0.15, 0.2) is 22.8 Å². The molecule has 5 heterocycles. The number of furan rings is 1. The van der Waals surface area contributed by atoms with E-state index < -0.39 is 17.4 Å². The van der Waals surface area contributed by atoms with Crippen molar-refractivity contribution in [2.24, 2.45) is 0 Å². The molecule has 196 valence electrons. The Morgan fingerprint density at radius 2 is 1.81 bits per heavy atom. The minimum Gasteiger partial charge on any atom is -0.476 e. The quantitative estimate of drug-likeness (QED) is 0.605. The van der Waals surface area contributed by atoms with Crippen molar-refractivity contribution in [2.45, 2.75) is 32.7 Å². The highest BCUT2D eigenvalue weighted by molar-refractivity contribution is 6.13. The molecule has 4 amide bonds. The molecule has 0 aromatic carbocycles. The highest BCUT2D eigenvalue weighted by Gasteiger charge is 2.50. The lowest BCUT2D eigenvalue weighted by molar-refractivity contribution is -0.137. The number of carbonyl (C=O) groups is 4. The first-order valence-corrected chi connectivity index (χ1v) is 12.3. The molecule has 5 rings (SSSR count). The van der Waals surface area contributed by atoms with Crippen molar-refractivity contribution in [2.75, 3.05) is 56.1 Å². The fraction of sp³-hybridized carbons (Fsp3) is 0.480. The Balaban J connectivity index is 1.31. The van der Waals surface area contributed by atoms with Crippen molar-refractivity contribution in [3.8, 4) is 5.88 Å². The van der Waals surface area contributed by atoms with E-state index in [1.54, 1.807) is 28.9 Å². The van der Waals surface area contributed by atoms with Gasteiger partial charge in [-0.25, -0.2) is 0 Å². The topological polar surface area (TPSA) is 137 Å². The van der Waals surface area contributed by atoms with Crippen LogP contribution in [-0.2, 0) is 16.0 Å². The molecule has 0 atom stereocenters. The number of carbonyl (C=O) groups excluding carboxylic acids is 4. The summed E-state index contributed by atoms with van der Waals surface area (Å²) in [5.74, 6) is 0.481. The van der Waals surface area contributed by atoms with E-state index in [1.807, 2.05) is 6.92 Å².